The lowest BCUT2D eigenvalue weighted by molar-refractivity contribution is 0.0906. The number of rotatable bonds is 5. The molecule has 0 bridgehead atoms. The Kier molecular flexibility index (Phi) is 5.29. The van der Waals surface area contributed by atoms with Crippen molar-refractivity contribution in [2.45, 2.75) is 13.0 Å². The molecule has 3 aromatic rings. The molecule has 8 heteroatoms. The van der Waals surface area contributed by atoms with Gasteiger partial charge in [-0.15, -0.1) is 5.10 Å². The zero-order valence-corrected chi connectivity index (χ0v) is 14.6. The van der Waals surface area contributed by atoms with E-state index in [0.29, 0.717) is 22.1 Å². The van der Waals surface area contributed by atoms with Gasteiger partial charge in [0, 0.05) is 6.54 Å². The summed E-state index contributed by atoms with van der Waals surface area (Å²) in [6, 6.07) is 12.6. The average Bonchev–Trinajstić information content (AvgIpc) is 3.01. The predicted octanol–water partition coefficient (Wildman–Crippen LogP) is 2.83. The molecule has 0 saturated carbocycles. The molecule has 0 aliphatic carbocycles. The number of nitrogens with one attached hydrogen (secondary N) is 1. The molecule has 1 heterocycles. The van der Waals surface area contributed by atoms with Gasteiger partial charge in [-0.05, 0) is 36.8 Å². The molecule has 1 amide bonds. The molecular formula is C18H16ClFN4O2. The summed E-state index contributed by atoms with van der Waals surface area (Å²) < 4.78 is 14.7. The van der Waals surface area contributed by atoms with Crippen LogP contribution < -0.4 is 5.32 Å². The van der Waals surface area contributed by atoms with Crippen molar-refractivity contribution in [2.75, 3.05) is 6.54 Å². The highest BCUT2D eigenvalue weighted by molar-refractivity contribution is 6.32. The first-order valence-corrected chi connectivity index (χ1v) is 8.24. The normalized spacial score (nSPS) is 12.0. The lowest BCUT2D eigenvalue weighted by atomic mass is 10.1. The van der Waals surface area contributed by atoms with Crippen molar-refractivity contribution >= 4 is 17.5 Å². The quantitative estimate of drug-likeness (QED) is 0.719. The summed E-state index contributed by atoms with van der Waals surface area (Å²) in [5, 5.41) is 17.3. The average molecular weight is 375 g/mol. The molecule has 1 atom stereocenters. The van der Waals surface area contributed by atoms with Crippen LogP contribution in [0.1, 0.15) is 28.1 Å². The molecule has 0 fully saturated rings. The van der Waals surface area contributed by atoms with Crippen LogP contribution in [0.25, 0.3) is 5.69 Å². The van der Waals surface area contributed by atoms with Gasteiger partial charge in [-0.1, -0.05) is 35.9 Å². The highest BCUT2D eigenvalue weighted by Crippen LogP contribution is 2.20. The highest BCUT2D eigenvalue weighted by Gasteiger charge is 2.18. The SMILES string of the molecule is Cc1nc(C(=O)NCC(O)c2cccc(F)c2)nn1-c1ccccc1Cl. The molecule has 134 valence electrons. The number of aromatic nitrogens is 3. The zero-order chi connectivity index (χ0) is 18.7. The number of aliphatic hydroxyl groups excluding tert-OH is 1. The lowest BCUT2D eigenvalue weighted by Crippen LogP contribution is -2.29. The Morgan fingerprint density at radius 2 is 2.08 bits per heavy atom. The Hall–Kier alpha value is -2.77. The minimum Gasteiger partial charge on any atom is -0.387 e. The molecule has 2 aromatic carbocycles. The van der Waals surface area contributed by atoms with Gasteiger partial charge < -0.3 is 10.4 Å². The summed E-state index contributed by atoms with van der Waals surface area (Å²) in [6.07, 6.45) is -1.04. The van der Waals surface area contributed by atoms with Gasteiger partial charge in [-0.2, -0.15) is 0 Å². The Balaban J connectivity index is 1.71. The minimum atomic E-state index is -1.04. The van der Waals surface area contributed by atoms with Crippen LogP contribution in [0.4, 0.5) is 4.39 Å². The maximum Gasteiger partial charge on any atom is 0.291 e. The largest absolute Gasteiger partial charge is 0.387 e. The Bertz CT molecular complexity index is 944. The molecule has 3 rings (SSSR count). The number of aliphatic hydroxyl groups is 1. The molecule has 2 N–H and O–H groups in total. The Labute approximate surface area is 154 Å². The highest BCUT2D eigenvalue weighted by atomic mass is 35.5. The molecule has 0 radical (unpaired) electrons. The second kappa shape index (κ2) is 7.63. The Morgan fingerprint density at radius 1 is 1.31 bits per heavy atom. The fourth-order valence-corrected chi connectivity index (χ4v) is 2.65. The van der Waals surface area contributed by atoms with Crippen LogP contribution in [-0.4, -0.2) is 32.3 Å². The molecule has 0 saturated heterocycles. The van der Waals surface area contributed by atoms with Crippen molar-refractivity contribution in [1.29, 1.82) is 0 Å². The monoisotopic (exact) mass is 374 g/mol. The topological polar surface area (TPSA) is 80.0 Å². The summed E-state index contributed by atoms with van der Waals surface area (Å²) in [4.78, 5) is 16.4. The fraction of sp³-hybridized carbons (Fsp3) is 0.167. The van der Waals surface area contributed by atoms with Crippen molar-refractivity contribution in [2.24, 2.45) is 0 Å². The van der Waals surface area contributed by atoms with Crippen LogP contribution in [0.15, 0.2) is 48.5 Å². The van der Waals surface area contributed by atoms with E-state index in [2.05, 4.69) is 15.4 Å². The zero-order valence-electron chi connectivity index (χ0n) is 13.9. The van der Waals surface area contributed by atoms with E-state index in [1.807, 2.05) is 0 Å². The number of para-hydroxylation sites is 1. The number of nitrogens with zero attached hydrogens (tertiary/aromatic N) is 3. The standard InChI is InChI=1S/C18H16ClFN4O2/c1-11-22-17(23-24(11)15-8-3-2-7-14(15)19)18(26)21-10-16(25)12-5-4-6-13(20)9-12/h2-9,16,25H,10H2,1H3,(H,21,26). The maximum absolute atomic E-state index is 13.2. The number of amides is 1. The van der Waals surface area contributed by atoms with Gasteiger partial charge in [0.15, 0.2) is 0 Å². The van der Waals surface area contributed by atoms with Crippen LogP contribution >= 0.6 is 11.6 Å². The summed E-state index contributed by atoms with van der Waals surface area (Å²) >= 11 is 6.15. The first-order valence-electron chi connectivity index (χ1n) is 7.86. The second-order valence-electron chi connectivity index (χ2n) is 5.63. The molecule has 1 unspecified atom stereocenters. The summed E-state index contributed by atoms with van der Waals surface area (Å²) in [7, 11) is 0. The smallest absolute Gasteiger partial charge is 0.291 e. The van der Waals surface area contributed by atoms with Gasteiger partial charge in [0.1, 0.15) is 11.6 Å². The number of hydrogen-bond donors (Lipinski definition) is 2. The van der Waals surface area contributed by atoms with E-state index in [-0.39, 0.29) is 12.4 Å². The van der Waals surface area contributed by atoms with Gasteiger partial charge in [-0.25, -0.2) is 14.1 Å². The molecule has 0 spiro atoms. The summed E-state index contributed by atoms with van der Waals surface area (Å²) in [5.41, 5.74) is 0.981. The molecule has 1 aromatic heterocycles. The molecule has 6 nitrogen and oxygen atoms in total. The number of hydrogen-bond acceptors (Lipinski definition) is 4. The minimum absolute atomic E-state index is 0.0474. The van der Waals surface area contributed by atoms with Gasteiger partial charge in [0.05, 0.1) is 16.8 Å². The van der Waals surface area contributed by atoms with Crippen LogP contribution in [0.2, 0.25) is 5.02 Å². The van der Waals surface area contributed by atoms with E-state index >= 15 is 0 Å². The number of aryl methyl sites for hydroxylation is 1. The van der Waals surface area contributed by atoms with E-state index in [4.69, 9.17) is 11.6 Å². The van der Waals surface area contributed by atoms with E-state index in [1.54, 1.807) is 37.3 Å². The van der Waals surface area contributed by atoms with Crippen molar-refractivity contribution in [3.05, 3.63) is 76.6 Å². The summed E-state index contributed by atoms with van der Waals surface area (Å²) in [5.74, 6) is -0.555. The third-order valence-electron chi connectivity index (χ3n) is 3.74. The summed E-state index contributed by atoms with van der Waals surface area (Å²) in [6.45, 7) is 1.61. The second-order valence-corrected chi connectivity index (χ2v) is 6.03. The third-order valence-corrected chi connectivity index (χ3v) is 4.06. The molecule has 0 aliphatic heterocycles. The lowest BCUT2D eigenvalue weighted by Gasteiger charge is -2.11. The molecule has 0 aliphatic rings. The van der Waals surface area contributed by atoms with Gasteiger partial charge >= 0.3 is 0 Å². The van der Waals surface area contributed by atoms with Crippen LogP contribution in [0.5, 0.6) is 0 Å². The van der Waals surface area contributed by atoms with E-state index in [0.717, 1.165) is 0 Å². The first-order chi connectivity index (χ1) is 12.5. The maximum atomic E-state index is 13.2. The van der Waals surface area contributed by atoms with E-state index in [9.17, 15) is 14.3 Å². The number of carbonyl (C=O) groups excluding carboxylic acids is 1. The van der Waals surface area contributed by atoms with Crippen LogP contribution in [-0.2, 0) is 0 Å². The van der Waals surface area contributed by atoms with Crippen molar-refractivity contribution in [3.63, 3.8) is 0 Å². The van der Waals surface area contributed by atoms with Crippen molar-refractivity contribution < 1.29 is 14.3 Å². The van der Waals surface area contributed by atoms with Crippen LogP contribution in [0, 0.1) is 12.7 Å². The van der Waals surface area contributed by atoms with E-state index < -0.39 is 17.8 Å². The van der Waals surface area contributed by atoms with Gasteiger partial charge in [0.25, 0.3) is 5.91 Å². The number of halogens is 2. The number of carbonyl (C=O) groups is 1. The van der Waals surface area contributed by atoms with E-state index in [1.165, 1.54) is 22.9 Å². The third kappa shape index (κ3) is 3.89. The molecular weight excluding hydrogens is 359 g/mol. The van der Waals surface area contributed by atoms with Crippen LogP contribution in [0.3, 0.4) is 0 Å². The van der Waals surface area contributed by atoms with Gasteiger partial charge in [0.2, 0.25) is 5.82 Å². The number of benzene rings is 2. The van der Waals surface area contributed by atoms with Crippen molar-refractivity contribution in [3.8, 4) is 5.69 Å². The predicted molar refractivity (Wildman–Crippen MR) is 94.8 cm³/mol. The molecule has 26 heavy (non-hydrogen) atoms. The fourth-order valence-electron chi connectivity index (χ4n) is 2.44. The first kappa shape index (κ1) is 18.0. The van der Waals surface area contributed by atoms with Gasteiger partial charge in [-0.3, -0.25) is 4.79 Å². The van der Waals surface area contributed by atoms with Crippen molar-refractivity contribution in [1.82, 2.24) is 20.1 Å². The Morgan fingerprint density at radius 3 is 2.81 bits per heavy atom.